The van der Waals surface area contributed by atoms with Crippen LogP contribution in [0.25, 0.3) is 0 Å². The maximum Gasteiger partial charge on any atom is 0.342 e. The second-order valence-corrected chi connectivity index (χ2v) is 6.90. The van der Waals surface area contributed by atoms with Crippen molar-refractivity contribution in [3.05, 3.63) is 34.4 Å². The first kappa shape index (κ1) is 18.0. The summed E-state index contributed by atoms with van der Waals surface area (Å²) in [7, 11) is 0. The Kier molecular flexibility index (Phi) is 5.22. The highest BCUT2D eigenvalue weighted by molar-refractivity contribution is 6.33. The summed E-state index contributed by atoms with van der Waals surface area (Å²) in [6, 6.07) is 0.998. The minimum absolute atomic E-state index is 0.0291. The SMILES string of the molecule is C[C@@H]1C[C@H]2O[C@H]2CC/C=C/[C@@H](O)Cc2c(Cl)c(O)cc(O)c2C(=O)O1. The molecule has 136 valence electrons. The number of ether oxygens (including phenoxy) is 2. The van der Waals surface area contributed by atoms with E-state index in [1.54, 1.807) is 13.0 Å². The zero-order valence-corrected chi connectivity index (χ0v) is 14.6. The topological polar surface area (TPSA) is 99.5 Å². The Bertz CT molecular complexity index is 701. The van der Waals surface area contributed by atoms with Gasteiger partial charge in [-0.2, -0.15) is 0 Å². The van der Waals surface area contributed by atoms with Gasteiger partial charge in [0, 0.05) is 18.9 Å². The smallest absolute Gasteiger partial charge is 0.342 e. The Hall–Kier alpha value is -1.76. The Morgan fingerprint density at radius 3 is 2.76 bits per heavy atom. The molecule has 0 amide bonds. The molecular weight excluding hydrogens is 348 g/mol. The van der Waals surface area contributed by atoms with Gasteiger partial charge in [-0.1, -0.05) is 23.8 Å². The number of hydrogen-bond acceptors (Lipinski definition) is 6. The Morgan fingerprint density at radius 1 is 1.24 bits per heavy atom. The van der Waals surface area contributed by atoms with Crippen LogP contribution in [-0.2, 0) is 15.9 Å². The van der Waals surface area contributed by atoms with Crippen LogP contribution in [0.5, 0.6) is 11.5 Å². The van der Waals surface area contributed by atoms with E-state index >= 15 is 0 Å². The standard InChI is InChI=1S/C18H21ClO6/c1-9-6-15-14(25-15)5-3-2-4-10(20)7-11-16(18(23)24-9)12(21)8-13(22)17(11)19/h2,4,8-10,14-15,20-22H,3,5-7H2,1H3/b4-2+/t9-,10-,14+,15-/m1/s1. The summed E-state index contributed by atoms with van der Waals surface area (Å²) in [5, 5.41) is 30.1. The van der Waals surface area contributed by atoms with Crippen molar-refractivity contribution >= 4 is 17.6 Å². The number of hydrogen-bond donors (Lipinski definition) is 3. The Morgan fingerprint density at radius 2 is 2.00 bits per heavy atom. The third-order valence-corrected chi connectivity index (χ3v) is 4.90. The number of fused-ring (bicyclic) bond motifs is 2. The van der Waals surface area contributed by atoms with Crippen LogP contribution in [0.2, 0.25) is 5.02 Å². The predicted molar refractivity (Wildman–Crippen MR) is 91.0 cm³/mol. The highest BCUT2D eigenvalue weighted by Crippen LogP contribution is 2.38. The van der Waals surface area contributed by atoms with E-state index in [2.05, 4.69) is 0 Å². The van der Waals surface area contributed by atoms with Crippen LogP contribution >= 0.6 is 11.6 Å². The van der Waals surface area contributed by atoms with Crippen molar-refractivity contribution in [1.82, 2.24) is 0 Å². The second kappa shape index (κ2) is 7.23. The number of benzene rings is 1. The lowest BCUT2D eigenvalue weighted by molar-refractivity contribution is 0.0305. The molecule has 0 aliphatic carbocycles. The van der Waals surface area contributed by atoms with Gasteiger partial charge < -0.3 is 24.8 Å². The summed E-state index contributed by atoms with van der Waals surface area (Å²) in [5.74, 6) is -1.53. The molecule has 1 aromatic rings. The summed E-state index contributed by atoms with van der Waals surface area (Å²) in [6.07, 6.45) is 4.51. The first-order chi connectivity index (χ1) is 11.9. The molecule has 7 heteroatoms. The molecular formula is C18H21ClO6. The largest absolute Gasteiger partial charge is 0.507 e. The van der Waals surface area contributed by atoms with Crippen LogP contribution in [0.15, 0.2) is 18.2 Å². The third-order valence-electron chi connectivity index (χ3n) is 4.47. The van der Waals surface area contributed by atoms with Crippen molar-refractivity contribution in [2.45, 2.75) is 57.0 Å². The monoisotopic (exact) mass is 368 g/mol. The van der Waals surface area contributed by atoms with E-state index < -0.39 is 23.9 Å². The average Bonchev–Trinajstić information content (AvgIpc) is 3.25. The van der Waals surface area contributed by atoms with Crippen LogP contribution in [-0.4, -0.2) is 45.7 Å². The molecule has 3 rings (SSSR count). The molecule has 25 heavy (non-hydrogen) atoms. The number of carbonyl (C=O) groups is 1. The first-order valence-electron chi connectivity index (χ1n) is 8.31. The molecule has 1 aromatic carbocycles. The first-order valence-corrected chi connectivity index (χ1v) is 8.69. The minimum atomic E-state index is -0.915. The lowest BCUT2D eigenvalue weighted by Crippen LogP contribution is -2.20. The summed E-state index contributed by atoms with van der Waals surface area (Å²) >= 11 is 6.11. The van der Waals surface area contributed by atoms with E-state index in [1.807, 2.05) is 6.08 Å². The maximum absolute atomic E-state index is 12.5. The molecule has 0 aromatic heterocycles. The van der Waals surface area contributed by atoms with Gasteiger partial charge in [0.25, 0.3) is 0 Å². The average molecular weight is 369 g/mol. The number of aliphatic hydroxyl groups excluding tert-OH is 1. The van der Waals surface area contributed by atoms with Crippen molar-refractivity contribution in [2.75, 3.05) is 0 Å². The van der Waals surface area contributed by atoms with Gasteiger partial charge in [0.05, 0.1) is 23.3 Å². The maximum atomic E-state index is 12.5. The summed E-state index contributed by atoms with van der Waals surface area (Å²) in [5.41, 5.74) is 0.0264. The number of cyclic esters (lactones) is 1. The van der Waals surface area contributed by atoms with Crippen molar-refractivity contribution < 1.29 is 29.6 Å². The molecule has 0 saturated carbocycles. The molecule has 1 fully saturated rings. The van der Waals surface area contributed by atoms with Crippen LogP contribution in [0.4, 0.5) is 0 Å². The number of halogens is 1. The minimum Gasteiger partial charge on any atom is -0.507 e. The van der Waals surface area contributed by atoms with Gasteiger partial charge in [0.2, 0.25) is 0 Å². The Labute approximate surface area is 150 Å². The molecule has 3 N–H and O–H groups in total. The van der Waals surface area contributed by atoms with E-state index in [9.17, 15) is 20.1 Å². The molecule has 2 aliphatic heterocycles. The van der Waals surface area contributed by atoms with Gasteiger partial charge in [-0.15, -0.1) is 0 Å². The van der Waals surface area contributed by atoms with E-state index in [-0.39, 0.29) is 40.5 Å². The molecule has 2 aliphatic rings. The lowest BCUT2D eigenvalue weighted by atomic mass is 9.98. The molecule has 6 nitrogen and oxygen atoms in total. The fourth-order valence-corrected chi connectivity index (χ4v) is 3.38. The van der Waals surface area contributed by atoms with Crippen molar-refractivity contribution in [2.24, 2.45) is 0 Å². The van der Waals surface area contributed by atoms with E-state index in [4.69, 9.17) is 21.1 Å². The van der Waals surface area contributed by atoms with Gasteiger partial charge in [0.15, 0.2) is 0 Å². The molecule has 0 unspecified atom stereocenters. The number of carbonyl (C=O) groups excluding carboxylic acids is 1. The summed E-state index contributed by atoms with van der Waals surface area (Å²) < 4.78 is 11.0. The number of aliphatic hydroxyl groups is 1. The van der Waals surface area contributed by atoms with E-state index in [0.29, 0.717) is 6.42 Å². The number of allylic oxidation sites excluding steroid dienone is 1. The molecule has 4 atom stereocenters. The van der Waals surface area contributed by atoms with Gasteiger partial charge >= 0.3 is 5.97 Å². The number of esters is 1. The highest BCUT2D eigenvalue weighted by Gasteiger charge is 2.39. The van der Waals surface area contributed by atoms with Crippen LogP contribution < -0.4 is 0 Å². The zero-order chi connectivity index (χ0) is 18.1. The summed E-state index contributed by atoms with van der Waals surface area (Å²) in [6.45, 7) is 1.76. The molecule has 0 spiro atoms. The fourth-order valence-electron chi connectivity index (χ4n) is 3.15. The van der Waals surface area contributed by atoms with E-state index in [0.717, 1.165) is 18.9 Å². The number of epoxide rings is 1. The molecule has 0 radical (unpaired) electrons. The number of phenols is 2. The van der Waals surface area contributed by atoms with E-state index in [1.165, 1.54) is 0 Å². The van der Waals surface area contributed by atoms with Gasteiger partial charge in [-0.3, -0.25) is 0 Å². The predicted octanol–water partition coefficient (Wildman–Crippen LogP) is 2.71. The van der Waals surface area contributed by atoms with Crippen molar-refractivity contribution in [1.29, 1.82) is 0 Å². The third kappa shape index (κ3) is 4.08. The van der Waals surface area contributed by atoms with Crippen molar-refractivity contribution in [3.63, 3.8) is 0 Å². The van der Waals surface area contributed by atoms with Gasteiger partial charge in [-0.05, 0) is 25.3 Å². The lowest BCUT2D eigenvalue weighted by Gasteiger charge is -2.18. The van der Waals surface area contributed by atoms with Crippen LogP contribution in [0, 0.1) is 0 Å². The number of phenolic OH excluding ortho intramolecular Hbond substituents is 2. The van der Waals surface area contributed by atoms with Crippen LogP contribution in [0.1, 0.15) is 42.1 Å². The Balaban J connectivity index is 1.96. The zero-order valence-electron chi connectivity index (χ0n) is 13.8. The number of rotatable bonds is 0. The van der Waals surface area contributed by atoms with Gasteiger partial charge in [0.1, 0.15) is 23.2 Å². The molecule has 2 heterocycles. The number of aromatic hydroxyl groups is 2. The fraction of sp³-hybridized carbons (Fsp3) is 0.500. The van der Waals surface area contributed by atoms with Gasteiger partial charge in [-0.25, -0.2) is 4.79 Å². The van der Waals surface area contributed by atoms with Crippen molar-refractivity contribution in [3.8, 4) is 11.5 Å². The molecule has 0 bridgehead atoms. The quantitative estimate of drug-likeness (QED) is 0.370. The summed E-state index contributed by atoms with van der Waals surface area (Å²) in [4.78, 5) is 12.5. The second-order valence-electron chi connectivity index (χ2n) is 6.52. The van der Waals surface area contributed by atoms with Crippen LogP contribution in [0.3, 0.4) is 0 Å². The highest BCUT2D eigenvalue weighted by atomic mass is 35.5. The molecule has 1 saturated heterocycles. The normalized spacial score (nSPS) is 31.2.